The molecule has 0 bridgehead atoms. The summed E-state index contributed by atoms with van der Waals surface area (Å²) in [7, 11) is 0. The normalized spacial score (nSPS) is 12.5. The summed E-state index contributed by atoms with van der Waals surface area (Å²) in [6, 6.07) is 21.6. The smallest absolute Gasteiger partial charge is 0.0702 e. The van der Waals surface area contributed by atoms with Crippen LogP contribution in [0.2, 0.25) is 0 Å². The summed E-state index contributed by atoms with van der Waals surface area (Å²) in [4.78, 5) is 0. The first-order valence-corrected chi connectivity index (χ1v) is 9.55. The molecule has 2 nitrogen and oxygen atoms in total. The molecule has 0 amide bonds. The summed E-state index contributed by atoms with van der Waals surface area (Å²) < 4.78 is 3.07. The van der Waals surface area contributed by atoms with E-state index >= 15 is 0 Å². The molecular formula is C22H23BrN2. The van der Waals surface area contributed by atoms with Gasteiger partial charge in [0.15, 0.2) is 0 Å². The number of rotatable bonds is 8. The van der Waals surface area contributed by atoms with E-state index in [1.807, 2.05) is 10.9 Å². The third-order valence-corrected chi connectivity index (χ3v) is 4.69. The van der Waals surface area contributed by atoms with E-state index in [-0.39, 0.29) is 6.04 Å². The van der Waals surface area contributed by atoms with Crippen molar-refractivity contribution in [3.63, 3.8) is 0 Å². The maximum atomic E-state index is 4.48. The SMILES string of the molecule is Brc1cnn([C@H](/C=C/CCc2ccccc2)CCc2ccccc2)c1. The minimum atomic E-state index is 0.280. The molecule has 0 saturated carbocycles. The second-order valence-electron chi connectivity index (χ2n) is 6.18. The monoisotopic (exact) mass is 394 g/mol. The fourth-order valence-electron chi connectivity index (χ4n) is 2.92. The lowest BCUT2D eigenvalue weighted by atomic mass is 10.0. The van der Waals surface area contributed by atoms with Crippen molar-refractivity contribution in [1.82, 2.24) is 9.78 Å². The van der Waals surface area contributed by atoms with Gasteiger partial charge in [-0.2, -0.15) is 5.10 Å². The average Bonchev–Trinajstić information content (AvgIpc) is 3.09. The Balaban J connectivity index is 1.61. The van der Waals surface area contributed by atoms with E-state index in [0.717, 1.165) is 30.2 Å². The molecule has 0 saturated heterocycles. The van der Waals surface area contributed by atoms with Crippen LogP contribution in [0.4, 0.5) is 0 Å². The van der Waals surface area contributed by atoms with Crippen molar-refractivity contribution in [2.24, 2.45) is 0 Å². The first-order chi connectivity index (χ1) is 12.3. The van der Waals surface area contributed by atoms with Crippen LogP contribution in [0.1, 0.15) is 30.0 Å². The second kappa shape index (κ2) is 9.38. The van der Waals surface area contributed by atoms with Crippen molar-refractivity contribution in [2.75, 3.05) is 0 Å². The van der Waals surface area contributed by atoms with Crippen molar-refractivity contribution in [2.45, 2.75) is 31.7 Å². The highest BCUT2D eigenvalue weighted by Crippen LogP contribution is 2.19. The van der Waals surface area contributed by atoms with Gasteiger partial charge in [-0.3, -0.25) is 4.68 Å². The average molecular weight is 395 g/mol. The molecule has 0 radical (unpaired) electrons. The lowest BCUT2D eigenvalue weighted by molar-refractivity contribution is 0.502. The Bertz CT molecular complexity index is 778. The summed E-state index contributed by atoms with van der Waals surface area (Å²) in [6.07, 6.45) is 12.7. The van der Waals surface area contributed by atoms with Gasteiger partial charge in [0.05, 0.1) is 16.7 Å². The number of benzene rings is 2. The molecule has 1 heterocycles. The van der Waals surface area contributed by atoms with Gasteiger partial charge in [-0.05, 0) is 52.7 Å². The Morgan fingerprint density at radius 3 is 2.16 bits per heavy atom. The Morgan fingerprint density at radius 2 is 1.56 bits per heavy atom. The number of hydrogen-bond donors (Lipinski definition) is 0. The van der Waals surface area contributed by atoms with Crippen LogP contribution < -0.4 is 0 Å². The van der Waals surface area contributed by atoms with Crippen LogP contribution in [-0.4, -0.2) is 9.78 Å². The number of hydrogen-bond acceptors (Lipinski definition) is 1. The highest BCUT2D eigenvalue weighted by Gasteiger charge is 2.09. The number of nitrogens with zero attached hydrogens (tertiary/aromatic N) is 2. The topological polar surface area (TPSA) is 17.8 Å². The first kappa shape index (κ1) is 17.7. The summed E-state index contributed by atoms with van der Waals surface area (Å²) in [6.45, 7) is 0. The van der Waals surface area contributed by atoms with Crippen molar-refractivity contribution < 1.29 is 0 Å². The van der Waals surface area contributed by atoms with E-state index in [4.69, 9.17) is 0 Å². The van der Waals surface area contributed by atoms with Crippen LogP contribution in [0.3, 0.4) is 0 Å². The Labute approximate surface area is 158 Å². The Morgan fingerprint density at radius 1 is 0.920 bits per heavy atom. The van der Waals surface area contributed by atoms with E-state index in [2.05, 4.69) is 100 Å². The molecule has 0 fully saturated rings. The summed E-state index contributed by atoms with van der Waals surface area (Å²) >= 11 is 3.50. The molecule has 0 unspecified atom stereocenters. The van der Waals surface area contributed by atoms with E-state index in [1.165, 1.54) is 11.1 Å². The molecule has 128 valence electrons. The van der Waals surface area contributed by atoms with Crippen LogP contribution in [-0.2, 0) is 12.8 Å². The van der Waals surface area contributed by atoms with E-state index in [9.17, 15) is 0 Å². The maximum Gasteiger partial charge on any atom is 0.0702 e. The van der Waals surface area contributed by atoms with Gasteiger partial charge in [0.2, 0.25) is 0 Å². The Hall–Kier alpha value is -2.13. The van der Waals surface area contributed by atoms with Crippen LogP contribution in [0.15, 0.2) is 89.7 Å². The zero-order valence-corrected chi connectivity index (χ0v) is 15.8. The minimum Gasteiger partial charge on any atom is -0.265 e. The van der Waals surface area contributed by atoms with Crippen LogP contribution in [0, 0.1) is 0 Å². The van der Waals surface area contributed by atoms with Crippen molar-refractivity contribution in [3.05, 3.63) is 101 Å². The molecular weight excluding hydrogens is 372 g/mol. The molecule has 2 aromatic carbocycles. The summed E-state index contributed by atoms with van der Waals surface area (Å²) in [5.41, 5.74) is 2.76. The molecule has 0 spiro atoms. The highest BCUT2D eigenvalue weighted by molar-refractivity contribution is 9.10. The van der Waals surface area contributed by atoms with E-state index in [0.29, 0.717) is 0 Å². The quantitative estimate of drug-likeness (QED) is 0.427. The van der Waals surface area contributed by atoms with Gasteiger partial charge >= 0.3 is 0 Å². The molecule has 3 aromatic rings. The molecule has 1 atom stereocenters. The van der Waals surface area contributed by atoms with Crippen molar-refractivity contribution in [3.8, 4) is 0 Å². The third kappa shape index (κ3) is 5.71. The molecule has 0 N–H and O–H groups in total. The predicted molar refractivity (Wildman–Crippen MR) is 108 cm³/mol. The largest absolute Gasteiger partial charge is 0.265 e. The van der Waals surface area contributed by atoms with Crippen molar-refractivity contribution in [1.29, 1.82) is 0 Å². The number of allylic oxidation sites excluding steroid dienone is 2. The van der Waals surface area contributed by atoms with Crippen molar-refractivity contribution >= 4 is 15.9 Å². The van der Waals surface area contributed by atoms with Gasteiger partial charge in [0.25, 0.3) is 0 Å². The van der Waals surface area contributed by atoms with Gasteiger partial charge in [-0.1, -0.05) is 72.8 Å². The molecule has 3 heteroatoms. The number of aromatic nitrogens is 2. The second-order valence-corrected chi connectivity index (χ2v) is 7.10. The zero-order chi connectivity index (χ0) is 17.3. The lowest BCUT2D eigenvalue weighted by Crippen LogP contribution is -2.08. The van der Waals surface area contributed by atoms with Gasteiger partial charge < -0.3 is 0 Å². The van der Waals surface area contributed by atoms with E-state index in [1.54, 1.807) is 0 Å². The summed E-state index contributed by atoms with van der Waals surface area (Å²) in [5.74, 6) is 0. The first-order valence-electron chi connectivity index (χ1n) is 8.75. The Kier molecular flexibility index (Phi) is 6.63. The molecule has 0 aliphatic rings. The van der Waals surface area contributed by atoms with Gasteiger partial charge in [-0.15, -0.1) is 0 Å². The molecule has 25 heavy (non-hydrogen) atoms. The van der Waals surface area contributed by atoms with Crippen LogP contribution in [0.25, 0.3) is 0 Å². The van der Waals surface area contributed by atoms with Gasteiger partial charge in [0.1, 0.15) is 0 Å². The molecule has 1 aromatic heterocycles. The van der Waals surface area contributed by atoms with Crippen LogP contribution in [0.5, 0.6) is 0 Å². The minimum absolute atomic E-state index is 0.280. The third-order valence-electron chi connectivity index (χ3n) is 4.28. The number of aryl methyl sites for hydroxylation is 2. The maximum absolute atomic E-state index is 4.48. The molecule has 3 rings (SSSR count). The van der Waals surface area contributed by atoms with E-state index < -0.39 is 0 Å². The molecule has 0 aliphatic carbocycles. The highest BCUT2D eigenvalue weighted by atomic mass is 79.9. The lowest BCUT2D eigenvalue weighted by Gasteiger charge is -2.14. The fourth-order valence-corrected chi connectivity index (χ4v) is 3.22. The number of halogens is 1. The molecule has 0 aliphatic heterocycles. The summed E-state index contributed by atoms with van der Waals surface area (Å²) in [5, 5.41) is 4.48. The van der Waals surface area contributed by atoms with Crippen LogP contribution >= 0.6 is 15.9 Å². The fraction of sp³-hybridized carbons (Fsp3) is 0.227. The standard InChI is InChI=1S/C22H23BrN2/c23-21-17-24-25(18-21)22(16-15-20-11-5-2-6-12-20)14-8-7-13-19-9-3-1-4-10-19/h1-6,8-12,14,17-18,22H,7,13,15-16H2/b14-8+/t22-/m1/s1. The predicted octanol–water partition coefficient (Wildman–Crippen LogP) is 6.01. The van der Waals surface area contributed by atoms with Gasteiger partial charge in [0, 0.05) is 6.20 Å². The van der Waals surface area contributed by atoms with Gasteiger partial charge in [-0.25, -0.2) is 0 Å². The zero-order valence-electron chi connectivity index (χ0n) is 14.3.